The van der Waals surface area contributed by atoms with E-state index in [9.17, 15) is 14.4 Å². The molecule has 1 aliphatic heterocycles. The number of anilines is 1. The van der Waals surface area contributed by atoms with Crippen LogP contribution in [0.4, 0.5) is 5.69 Å². The molecular formula is C12H14N4O3. The third kappa shape index (κ3) is 2.54. The average molecular weight is 262 g/mol. The number of piperazine rings is 1. The lowest BCUT2D eigenvalue weighted by atomic mass is 10.1. The number of carbonyl (C=O) groups is 3. The summed E-state index contributed by atoms with van der Waals surface area (Å²) in [7, 11) is 1.74. The summed E-state index contributed by atoms with van der Waals surface area (Å²) in [5, 5.41) is 5.07. The molecule has 2 N–H and O–H groups in total. The molecule has 1 atom stereocenters. The van der Waals surface area contributed by atoms with Crippen molar-refractivity contribution < 1.29 is 14.4 Å². The van der Waals surface area contributed by atoms with E-state index in [0.29, 0.717) is 0 Å². The summed E-state index contributed by atoms with van der Waals surface area (Å²) in [6.07, 6.45) is 1.52. The molecule has 100 valence electrons. The van der Waals surface area contributed by atoms with E-state index in [0.717, 1.165) is 5.69 Å². The van der Waals surface area contributed by atoms with Gasteiger partial charge in [0.2, 0.25) is 11.8 Å². The number of carbonyl (C=O) groups excluding carboxylic acids is 3. The maximum atomic E-state index is 12.2. The standard InChI is InChI=1S/C12H14N4O3/c1-7-11(18)15-10(17)6-16(7)12(19)9-4-3-8(13-2)5-14-9/h3-5,7,13H,6H2,1-2H3,(H,15,17,18). The molecule has 2 heterocycles. The molecule has 1 aliphatic rings. The molecule has 0 aliphatic carbocycles. The molecule has 3 amide bonds. The fraction of sp³-hybridized carbons (Fsp3) is 0.333. The van der Waals surface area contributed by atoms with Crippen LogP contribution in [0.3, 0.4) is 0 Å². The second kappa shape index (κ2) is 5.05. The average Bonchev–Trinajstić information content (AvgIpc) is 2.42. The van der Waals surface area contributed by atoms with Crippen molar-refractivity contribution in [2.75, 3.05) is 18.9 Å². The predicted molar refractivity (Wildman–Crippen MR) is 67.4 cm³/mol. The van der Waals surface area contributed by atoms with Crippen LogP contribution < -0.4 is 10.6 Å². The number of hydrogen-bond donors (Lipinski definition) is 2. The Morgan fingerprint density at radius 2 is 2.21 bits per heavy atom. The zero-order valence-corrected chi connectivity index (χ0v) is 10.6. The summed E-state index contributed by atoms with van der Waals surface area (Å²) in [6, 6.07) is 2.57. The normalized spacial score (nSPS) is 19.1. The second-order valence-corrected chi connectivity index (χ2v) is 4.20. The summed E-state index contributed by atoms with van der Waals surface area (Å²) in [6.45, 7) is 1.43. The van der Waals surface area contributed by atoms with Gasteiger partial charge < -0.3 is 10.2 Å². The summed E-state index contributed by atoms with van der Waals surface area (Å²) in [4.78, 5) is 40.2. The monoisotopic (exact) mass is 262 g/mol. The maximum absolute atomic E-state index is 12.2. The van der Waals surface area contributed by atoms with E-state index >= 15 is 0 Å². The van der Waals surface area contributed by atoms with Crippen molar-refractivity contribution in [1.29, 1.82) is 0 Å². The van der Waals surface area contributed by atoms with E-state index in [1.165, 1.54) is 11.1 Å². The Bertz CT molecular complexity index is 526. The fourth-order valence-electron chi connectivity index (χ4n) is 1.78. The van der Waals surface area contributed by atoms with Crippen molar-refractivity contribution in [1.82, 2.24) is 15.2 Å². The first kappa shape index (κ1) is 13.0. The van der Waals surface area contributed by atoms with Gasteiger partial charge in [-0.05, 0) is 19.1 Å². The van der Waals surface area contributed by atoms with Crippen LogP contribution in [-0.4, -0.2) is 47.2 Å². The van der Waals surface area contributed by atoms with Gasteiger partial charge in [0.1, 0.15) is 18.3 Å². The van der Waals surface area contributed by atoms with Crippen molar-refractivity contribution in [3.05, 3.63) is 24.0 Å². The van der Waals surface area contributed by atoms with Gasteiger partial charge in [0.05, 0.1) is 11.9 Å². The van der Waals surface area contributed by atoms with Crippen LogP contribution in [0.15, 0.2) is 18.3 Å². The zero-order valence-electron chi connectivity index (χ0n) is 10.6. The van der Waals surface area contributed by atoms with Crippen LogP contribution in [0.5, 0.6) is 0 Å². The maximum Gasteiger partial charge on any atom is 0.273 e. The molecular weight excluding hydrogens is 248 g/mol. The highest BCUT2D eigenvalue weighted by Gasteiger charge is 2.34. The lowest BCUT2D eigenvalue weighted by molar-refractivity contribution is -0.138. The quantitative estimate of drug-likeness (QED) is 0.708. The SMILES string of the molecule is CNc1ccc(C(=O)N2CC(=O)NC(=O)C2C)nc1. The largest absolute Gasteiger partial charge is 0.387 e. The number of nitrogens with zero attached hydrogens (tertiary/aromatic N) is 2. The van der Waals surface area contributed by atoms with Gasteiger partial charge in [-0.1, -0.05) is 0 Å². The Hall–Kier alpha value is -2.44. The van der Waals surface area contributed by atoms with Crippen LogP contribution in [0, 0.1) is 0 Å². The van der Waals surface area contributed by atoms with Gasteiger partial charge >= 0.3 is 0 Å². The highest BCUT2D eigenvalue weighted by molar-refractivity contribution is 6.06. The first-order valence-electron chi connectivity index (χ1n) is 5.81. The van der Waals surface area contributed by atoms with Gasteiger partial charge in [0, 0.05) is 7.05 Å². The third-order valence-corrected chi connectivity index (χ3v) is 2.96. The van der Waals surface area contributed by atoms with Crippen molar-refractivity contribution in [2.24, 2.45) is 0 Å². The van der Waals surface area contributed by atoms with E-state index in [1.807, 2.05) is 0 Å². The smallest absolute Gasteiger partial charge is 0.273 e. The molecule has 7 nitrogen and oxygen atoms in total. The van der Waals surface area contributed by atoms with E-state index in [-0.39, 0.29) is 12.2 Å². The predicted octanol–water partition coefficient (Wildman–Crippen LogP) is -0.390. The van der Waals surface area contributed by atoms with Gasteiger partial charge in [0.15, 0.2) is 0 Å². The molecule has 19 heavy (non-hydrogen) atoms. The molecule has 0 aromatic carbocycles. The number of pyridine rings is 1. The minimum Gasteiger partial charge on any atom is -0.387 e. The van der Waals surface area contributed by atoms with Crippen molar-refractivity contribution in [3.63, 3.8) is 0 Å². The lowest BCUT2D eigenvalue weighted by Crippen LogP contribution is -2.58. The van der Waals surface area contributed by atoms with E-state index in [2.05, 4.69) is 15.6 Å². The van der Waals surface area contributed by atoms with Crippen molar-refractivity contribution in [3.8, 4) is 0 Å². The zero-order chi connectivity index (χ0) is 14.0. The fourth-order valence-corrected chi connectivity index (χ4v) is 1.78. The van der Waals surface area contributed by atoms with Crippen LogP contribution in [-0.2, 0) is 9.59 Å². The summed E-state index contributed by atoms with van der Waals surface area (Å²) >= 11 is 0. The Kier molecular flexibility index (Phi) is 3.46. The highest BCUT2D eigenvalue weighted by atomic mass is 16.2. The highest BCUT2D eigenvalue weighted by Crippen LogP contribution is 2.12. The van der Waals surface area contributed by atoms with Gasteiger partial charge in [-0.15, -0.1) is 0 Å². The molecule has 2 rings (SSSR count). The van der Waals surface area contributed by atoms with Gasteiger partial charge in [-0.3, -0.25) is 19.7 Å². The van der Waals surface area contributed by atoms with E-state index < -0.39 is 23.8 Å². The lowest BCUT2D eigenvalue weighted by Gasteiger charge is -2.31. The Balaban J connectivity index is 2.22. The number of rotatable bonds is 2. The Morgan fingerprint density at radius 3 is 2.79 bits per heavy atom. The van der Waals surface area contributed by atoms with Crippen LogP contribution in [0.25, 0.3) is 0 Å². The molecule has 0 radical (unpaired) electrons. The molecule has 1 fully saturated rings. The van der Waals surface area contributed by atoms with E-state index in [4.69, 9.17) is 0 Å². The van der Waals surface area contributed by atoms with Gasteiger partial charge in [0.25, 0.3) is 5.91 Å². The molecule has 1 saturated heterocycles. The van der Waals surface area contributed by atoms with Gasteiger partial charge in [-0.2, -0.15) is 0 Å². The molecule has 0 saturated carbocycles. The molecule has 1 aromatic heterocycles. The first-order chi connectivity index (χ1) is 9.02. The first-order valence-corrected chi connectivity index (χ1v) is 5.81. The third-order valence-electron chi connectivity index (χ3n) is 2.96. The number of hydrogen-bond acceptors (Lipinski definition) is 5. The van der Waals surface area contributed by atoms with Crippen LogP contribution in [0.2, 0.25) is 0 Å². The number of amides is 3. The van der Waals surface area contributed by atoms with Crippen LogP contribution in [0.1, 0.15) is 17.4 Å². The summed E-state index contributed by atoms with van der Waals surface area (Å²) in [5.41, 5.74) is 0.977. The number of nitrogens with one attached hydrogen (secondary N) is 2. The minimum atomic E-state index is -0.684. The van der Waals surface area contributed by atoms with Crippen LogP contribution >= 0.6 is 0 Å². The Labute approximate surface area is 110 Å². The summed E-state index contributed by atoms with van der Waals surface area (Å²) < 4.78 is 0. The topological polar surface area (TPSA) is 91.4 Å². The molecule has 1 unspecified atom stereocenters. The molecule has 0 bridgehead atoms. The number of aromatic nitrogens is 1. The minimum absolute atomic E-state index is 0.138. The van der Waals surface area contributed by atoms with Crippen molar-refractivity contribution >= 4 is 23.4 Å². The second-order valence-electron chi connectivity index (χ2n) is 4.20. The van der Waals surface area contributed by atoms with Crippen molar-refractivity contribution in [2.45, 2.75) is 13.0 Å². The summed E-state index contributed by atoms with van der Waals surface area (Å²) in [5.74, 6) is -1.39. The molecule has 0 spiro atoms. The van der Waals surface area contributed by atoms with Gasteiger partial charge in [-0.25, -0.2) is 4.98 Å². The molecule has 1 aromatic rings. The number of imide groups is 1. The van der Waals surface area contributed by atoms with E-state index in [1.54, 1.807) is 26.1 Å². The molecule has 7 heteroatoms. The Morgan fingerprint density at radius 1 is 1.47 bits per heavy atom.